The molecule has 3 aromatic carbocycles. The lowest BCUT2D eigenvalue weighted by atomic mass is 10.1. The molecule has 6 nitrogen and oxygen atoms in total. The maximum Gasteiger partial charge on any atom is 0.264 e. The van der Waals surface area contributed by atoms with E-state index >= 15 is 0 Å². The number of anilines is 1. The lowest BCUT2D eigenvalue weighted by Gasteiger charge is -2.26. The minimum Gasteiger partial charge on any atom is -0.492 e. The van der Waals surface area contributed by atoms with Gasteiger partial charge in [0.05, 0.1) is 17.1 Å². The van der Waals surface area contributed by atoms with Gasteiger partial charge in [-0.15, -0.1) is 0 Å². The van der Waals surface area contributed by atoms with Crippen LogP contribution in [0.25, 0.3) is 0 Å². The van der Waals surface area contributed by atoms with Crippen LogP contribution < -0.4 is 14.4 Å². The van der Waals surface area contributed by atoms with Crippen molar-refractivity contribution in [2.24, 2.45) is 0 Å². The summed E-state index contributed by atoms with van der Waals surface area (Å²) in [6, 6.07) is 19.7. The van der Waals surface area contributed by atoms with E-state index in [0.717, 1.165) is 22.3 Å². The van der Waals surface area contributed by atoms with Crippen molar-refractivity contribution >= 4 is 21.6 Å². The summed E-state index contributed by atoms with van der Waals surface area (Å²) in [5.74, 6) is 0.313. The third-order valence-corrected chi connectivity index (χ3v) is 7.23. The van der Waals surface area contributed by atoms with Crippen LogP contribution >= 0.6 is 0 Å². The van der Waals surface area contributed by atoms with Crippen LogP contribution in [-0.2, 0) is 14.8 Å². The molecular weight excluding hydrogens is 436 g/mol. The maximum absolute atomic E-state index is 13.5. The van der Waals surface area contributed by atoms with E-state index in [9.17, 15) is 13.2 Å². The molecule has 1 N–H and O–H groups in total. The monoisotopic (exact) mass is 466 g/mol. The van der Waals surface area contributed by atoms with E-state index in [1.54, 1.807) is 36.4 Å². The summed E-state index contributed by atoms with van der Waals surface area (Å²) >= 11 is 0. The Morgan fingerprint density at radius 1 is 0.879 bits per heavy atom. The van der Waals surface area contributed by atoms with E-state index in [-0.39, 0.29) is 24.6 Å². The molecule has 33 heavy (non-hydrogen) atoms. The summed E-state index contributed by atoms with van der Waals surface area (Å²) in [6.07, 6.45) is 0. The summed E-state index contributed by atoms with van der Waals surface area (Å²) in [6.45, 7) is 7.88. The number of carbonyl (C=O) groups excluding carboxylic acids is 1. The molecule has 0 saturated carbocycles. The van der Waals surface area contributed by atoms with E-state index in [4.69, 9.17) is 4.74 Å². The molecule has 0 aromatic heterocycles. The summed E-state index contributed by atoms with van der Waals surface area (Å²) in [5, 5.41) is 2.76. The van der Waals surface area contributed by atoms with Crippen molar-refractivity contribution in [3.05, 3.63) is 89.0 Å². The zero-order valence-electron chi connectivity index (χ0n) is 19.5. The molecule has 0 aliphatic heterocycles. The first kappa shape index (κ1) is 24.3. The first-order valence-electron chi connectivity index (χ1n) is 10.8. The number of nitrogens with zero attached hydrogens (tertiary/aromatic N) is 1. The van der Waals surface area contributed by atoms with Gasteiger partial charge in [0.15, 0.2) is 0 Å². The summed E-state index contributed by atoms with van der Waals surface area (Å²) in [7, 11) is -3.94. The lowest BCUT2D eigenvalue weighted by molar-refractivity contribution is -0.119. The highest BCUT2D eigenvalue weighted by Crippen LogP contribution is 2.28. The number of rotatable bonds is 9. The molecule has 0 aliphatic carbocycles. The van der Waals surface area contributed by atoms with Gasteiger partial charge in [0.2, 0.25) is 5.91 Å². The van der Waals surface area contributed by atoms with Crippen LogP contribution in [-0.4, -0.2) is 34.0 Å². The van der Waals surface area contributed by atoms with Crippen molar-refractivity contribution in [3.63, 3.8) is 0 Å². The van der Waals surface area contributed by atoms with Crippen LogP contribution in [0.5, 0.6) is 5.75 Å². The number of amides is 1. The van der Waals surface area contributed by atoms with E-state index in [0.29, 0.717) is 11.4 Å². The summed E-state index contributed by atoms with van der Waals surface area (Å²) in [4.78, 5) is 12.9. The van der Waals surface area contributed by atoms with Gasteiger partial charge < -0.3 is 10.1 Å². The van der Waals surface area contributed by atoms with Crippen LogP contribution in [0.2, 0.25) is 0 Å². The van der Waals surface area contributed by atoms with Gasteiger partial charge in [-0.1, -0.05) is 47.5 Å². The van der Waals surface area contributed by atoms with Crippen LogP contribution in [0.4, 0.5) is 5.69 Å². The standard InChI is InChI=1S/C26H30N2O4S/c1-19-8-12-23(13-9-19)32-17-16-27-26(29)18-28(25-7-5-6-21(3)22(25)4)33(30,31)24-14-10-20(2)11-15-24/h5-15H,16-18H2,1-4H3,(H,27,29). The van der Waals surface area contributed by atoms with E-state index < -0.39 is 15.9 Å². The Morgan fingerprint density at radius 2 is 1.48 bits per heavy atom. The fourth-order valence-electron chi connectivity index (χ4n) is 3.32. The van der Waals surface area contributed by atoms with E-state index in [1.807, 2.05) is 58.0 Å². The van der Waals surface area contributed by atoms with Gasteiger partial charge >= 0.3 is 0 Å². The van der Waals surface area contributed by atoms with Gasteiger partial charge in [-0.25, -0.2) is 8.42 Å². The Morgan fingerprint density at radius 3 is 2.12 bits per heavy atom. The molecule has 0 aliphatic rings. The van der Waals surface area contributed by atoms with Gasteiger partial charge in [-0.05, 0) is 69.2 Å². The van der Waals surface area contributed by atoms with Crippen LogP contribution in [0.3, 0.4) is 0 Å². The zero-order valence-corrected chi connectivity index (χ0v) is 20.3. The Hall–Kier alpha value is -3.32. The number of sulfonamides is 1. The van der Waals surface area contributed by atoms with Crippen molar-refractivity contribution in [2.75, 3.05) is 24.0 Å². The highest BCUT2D eigenvalue weighted by molar-refractivity contribution is 7.92. The molecule has 0 fully saturated rings. The second-order valence-corrected chi connectivity index (χ2v) is 9.92. The first-order chi connectivity index (χ1) is 15.7. The maximum atomic E-state index is 13.5. The average Bonchev–Trinajstić information content (AvgIpc) is 2.78. The second kappa shape index (κ2) is 10.5. The first-order valence-corrected chi connectivity index (χ1v) is 12.2. The zero-order chi connectivity index (χ0) is 24.0. The molecule has 174 valence electrons. The molecule has 0 unspecified atom stereocenters. The molecule has 0 spiro atoms. The Bertz CT molecular complexity index is 1200. The minimum absolute atomic E-state index is 0.143. The van der Waals surface area contributed by atoms with E-state index in [1.165, 1.54) is 4.31 Å². The predicted molar refractivity (Wildman–Crippen MR) is 131 cm³/mol. The van der Waals surface area contributed by atoms with Gasteiger partial charge in [-0.3, -0.25) is 9.10 Å². The Balaban J connectivity index is 1.75. The molecule has 0 atom stereocenters. The number of hydrogen-bond donors (Lipinski definition) is 1. The third kappa shape index (κ3) is 6.14. The molecule has 3 aromatic rings. The van der Waals surface area contributed by atoms with Gasteiger partial charge in [0, 0.05) is 0 Å². The minimum atomic E-state index is -3.94. The van der Waals surface area contributed by atoms with Gasteiger partial charge in [-0.2, -0.15) is 0 Å². The van der Waals surface area contributed by atoms with Gasteiger partial charge in [0.1, 0.15) is 18.9 Å². The third-order valence-electron chi connectivity index (χ3n) is 5.45. The quantitative estimate of drug-likeness (QED) is 0.477. The van der Waals surface area contributed by atoms with Crippen LogP contribution in [0, 0.1) is 27.7 Å². The molecule has 0 bridgehead atoms. The number of hydrogen-bond acceptors (Lipinski definition) is 4. The number of aryl methyl sites for hydroxylation is 3. The summed E-state index contributed by atoms with van der Waals surface area (Å²) < 4.78 is 33.8. The molecule has 3 rings (SSSR count). The lowest BCUT2D eigenvalue weighted by Crippen LogP contribution is -2.42. The average molecular weight is 467 g/mol. The normalized spacial score (nSPS) is 11.2. The smallest absolute Gasteiger partial charge is 0.264 e. The highest BCUT2D eigenvalue weighted by Gasteiger charge is 2.28. The molecule has 7 heteroatoms. The fourth-order valence-corrected chi connectivity index (χ4v) is 4.80. The molecule has 0 saturated heterocycles. The van der Waals surface area contributed by atoms with Crippen molar-refractivity contribution in [1.29, 1.82) is 0 Å². The van der Waals surface area contributed by atoms with Crippen LogP contribution in [0.15, 0.2) is 71.6 Å². The number of benzene rings is 3. The second-order valence-electron chi connectivity index (χ2n) is 8.06. The SMILES string of the molecule is Cc1ccc(OCCNC(=O)CN(c2cccc(C)c2C)S(=O)(=O)c2ccc(C)cc2)cc1. The Labute approximate surface area is 196 Å². The number of ether oxygens (including phenoxy) is 1. The van der Waals surface area contributed by atoms with E-state index in [2.05, 4.69) is 5.32 Å². The number of nitrogens with one attached hydrogen (secondary N) is 1. The topological polar surface area (TPSA) is 75.7 Å². The van der Waals surface area contributed by atoms with Crippen molar-refractivity contribution < 1.29 is 17.9 Å². The van der Waals surface area contributed by atoms with Gasteiger partial charge in [0.25, 0.3) is 10.0 Å². The molecule has 1 amide bonds. The largest absolute Gasteiger partial charge is 0.492 e. The van der Waals surface area contributed by atoms with Crippen LogP contribution in [0.1, 0.15) is 22.3 Å². The molecule has 0 heterocycles. The number of carbonyl (C=O) groups is 1. The molecular formula is C26H30N2O4S. The highest BCUT2D eigenvalue weighted by atomic mass is 32.2. The molecule has 0 radical (unpaired) electrons. The van der Waals surface area contributed by atoms with Crippen molar-refractivity contribution in [2.45, 2.75) is 32.6 Å². The van der Waals surface area contributed by atoms with Crippen molar-refractivity contribution in [1.82, 2.24) is 5.32 Å². The predicted octanol–water partition coefficient (Wildman–Crippen LogP) is 4.31. The fraction of sp³-hybridized carbons (Fsp3) is 0.269. The van der Waals surface area contributed by atoms with Crippen molar-refractivity contribution in [3.8, 4) is 5.75 Å². The Kier molecular flexibility index (Phi) is 7.76. The summed E-state index contributed by atoms with van der Waals surface area (Å²) in [5.41, 5.74) is 4.34.